The molecule has 118 valence electrons. The third-order valence-corrected chi connectivity index (χ3v) is 4.99. The standard InChI is InChI=1S/C16H18BrNO3S/c1-12-3-8-16(21-2)15(11-12)18-22(19,20)14-6-4-13(5-7-14)9-10-17/h3-8,11,18H,9-10H2,1-2H3. The topological polar surface area (TPSA) is 55.4 Å². The third-order valence-electron chi connectivity index (χ3n) is 3.22. The molecule has 0 aliphatic heterocycles. The summed E-state index contributed by atoms with van der Waals surface area (Å²) in [7, 11) is -2.12. The molecule has 0 heterocycles. The van der Waals surface area contributed by atoms with Gasteiger partial charge in [-0.3, -0.25) is 4.72 Å². The van der Waals surface area contributed by atoms with Gasteiger partial charge in [-0.15, -0.1) is 0 Å². The van der Waals surface area contributed by atoms with Crippen LogP contribution in [0, 0.1) is 6.92 Å². The average Bonchev–Trinajstić information content (AvgIpc) is 2.48. The van der Waals surface area contributed by atoms with E-state index in [1.165, 1.54) is 7.11 Å². The van der Waals surface area contributed by atoms with Crippen LogP contribution in [0.3, 0.4) is 0 Å². The largest absolute Gasteiger partial charge is 0.495 e. The number of alkyl halides is 1. The minimum absolute atomic E-state index is 0.231. The van der Waals surface area contributed by atoms with Gasteiger partial charge < -0.3 is 4.74 Å². The van der Waals surface area contributed by atoms with E-state index in [2.05, 4.69) is 20.7 Å². The quantitative estimate of drug-likeness (QED) is 0.772. The van der Waals surface area contributed by atoms with E-state index in [0.29, 0.717) is 11.4 Å². The fourth-order valence-corrected chi connectivity index (χ4v) is 3.57. The lowest BCUT2D eigenvalue weighted by Gasteiger charge is -2.13. The maximum Gasteiger partial charge on any atom is 0.262 e. The van der Waals surface area contributed by atoms with Crippen LogP contribution in [0.25, 0.3) is 0 Å². The number of sulfonamides is 1. The van der Waals surface area contributed by atoms with Crippen LogP contribution < -0.4 is 9.46 Å². The maximum absolute atomic E-state index is 12.5. The number of hydrogen-bond donors (Lipinski definition) is 1. The molecule has 1 N–H and O–H groups in total. The van der Waals surface area contributed by atoms with Gasteiger partial charge in [0.25, 0.3) is 10.0 Å². The van der Waals surface area contributed by atoms with Crippen molar-refractivity contribution < 1.29 is 13.2 Å². The molecule has 2 aromatic rings. The van der Waals surface area contributed by atoms with Gasteiger partial charge >= 0.3 is 0 Å². The van der Waals surface area contributed by atoms with Crippen molar-refractivity contribution >= 4 is 31.6 Å². The number of rotatable bonds is 6. The van der Waals surface area contributed by atoms with E-state index in [9.17, 15) is 8.42 Å². The van der Waals surface area contributed by atoms with Crippen molar-refractivity contribution in [1.82, 2.24) is 0 Å². The highest BCUT2D eigenvalue weighted by Gasteiger charge is 2.16. The van der Waals surface area contributed by atoms with Crippen LogP contribution in [-0.2, 0) is 16.4 Å². The highest BCUT2D eigenvalue weighted by Crippen LogP contribution is 2.27. The summed E-state index contributed by atoms with van der Waals surface area (Å²) in [6.45, 7) is 1.90. The number of methoxy groups -OCH3 is 1. The summed E-state index contributed by atoms with van der Waals surface area (Å²) in [6, 6.07) is 12.2. The summed E-state index contributed by atoms with van der Waals surface area (Å²) in [4.78, 5) is 0.231. The van der Waals surface area contributed by atoms with Crippen molar-refractivity contribution in [3.63, 3.8) is 0 Å². The van der Waals surface area contributed by atoms with Gasteiger partial charge in [0.1, 0.15) is 5.75 Å². The molecule has 0 fully saturated rings. The van der Waals surface area contributed by atoms with Crippen LogP contribution >= 0.6 is 15.9 Å². The van der Waals surface area contributed by atoms with E-state index < -0.39 is 10.0 Å². The zero-order valence-electron chi connectivity index (χ0n) is 12.5. The molecule has 0 saturated heterocycles. The van der Waals surface area contributed by atoms with E-state index in [1.54, 1.807) is 24.3 Å². The second kappa shape index (κ2) is 7.15. The molecule has 0 saturated carbocycles. The first-order valence-electron chi connectivity index (χ1n) is 6.78. The lowest BCUT2D eigenvalue weighted by Crippen LogP contribution is -2.13. The molecule has 4 nitrogen and oxygen atoms in total. The SMILES string of the molecule is COc1ccc(C)cc1NS(=O)(=O)c1ccc(CCBr)cc1. The van der Waals surface area contributed by atoms with Crippen LogP contribution in [0.5, 0.6) is 5.75 Å². The Balaban J connectivity index is 2.29. The Hall–Kier alpha value is -1.53. The van der Waals surface area contributed by atoms with Gasteiger partial charge in [0.15, 0.2) is 0 Å². The number of nitrogens with one attached hydrogen (secondary N) is 1. The lowest BCUT2D eigenvalue weighted by molar-refractivity contribution is 0.417. The highest BCUT2D eigenvalue weighted by molar-refractivity contribution is 9.09. The predicted molar refractivity (Wildman–Crippen MR) is 92.5 cm³/mol. The van der Waals surface area contributed by atoms with Crippen LogP contribution in [0.1, 0.15) is 11.1 Å². The zero-order valence-corrected chi connectivity index (χ0v) is 14.9. The number of halogens is 1. The van der Waals surface area contributed by atoms with Crippen LogP contribution in [0.2, 0.25) is 0 Å². The molecule has 0 amide bonds. The normalized spacial score (nSPS) is 11.2. The fourth-order valence-electron chi connectivity index (χ4n) is 2.05. The van der Waals surface area contributed by atoms with Gasteiger partial charge in [-0.1, -0.05) is 34.1 Å². The van der Waals surface area contributed by atoms with Gasteiger partial charge in [-0.25, -0.2) is 8.42 Å². The second-order valence-electron chi connectivity index (χ2n) is 4.89. The molecule has 0 bridgehead atoms. The van der Waals surface area contributed by atoms with Gasteiger partial charge in [0.05, 0.1) is 17.7 Å². The number of hydrogen-bond acceptors (Lipinski definition) is 3. The minimum Gasteiger partial charge on any atom is -0.495 e. The summed E-state index contributed by atoms with van der Waals surface area (Å²) in [5, 5.41) is 0.845. The molecule has 2 rings (SSSR count). The molecular weight excluding hydrogens is 366 g/mol. The zero-order chi connectivity index (χ0) is 16.2. The first-order valence-corrected chi connectivity index (χ1v) is 9.39. The Bertz CT molecular complexity index is 742. The molecule has 0 spiro atoms. The van der Waals surface area contributed by atoms with Crippen molar-refractivity contribution in [1.29, 1.82) is 0 Å². The lowest BCUT2D eigenvalue weighted by atomic mass is 10.2. The van der Waals surface area contributed by atoms with Crippen molar-refractivity contribution in [3.8, 4) is 5.75 Å². The Kier molecular flexibility index (Phi) is 5.47. The fraction of sp³-hybridized carbons (Fsp3) is 0.250. The molecule has 0 radical (unpaired) electrons. The molecule has 2 aromatic carbocycles. The van der Waals surface area contributed by atoms with E-state index in [0.717, 1.165) is 22.9 Å². The van der Waals surface area contributed by atoms with Gasteiger partial charge in [0.2, 0.25) is 0 Å². The molecule has 0 aliphatic carbocycles. The van der Waals surface area contributed by atoms with Gasteiger partial charge in [-0.2, -0.15) is 0 Å². The average molecular weight is 384 g/mol. The van der Waals surface area contributed by atoms with Crippen molar-refractivity contribution in [2.75, 3.05) is 17.2 Å². The number of anilines is 1. The molecule has 0 atom stereocenters. The summed E-state index contributed by atoms with van der Waals surface area (Å²) in [5.74, 6) is 0.491. The summed E-state index contributed by atoms with van der Waals surface area (Å²) < 4.78 is 32.7. The molecule has 0 aliphatic rings. The van der Waals surface area contributed by atoms with E-state index in [-0.39, 0.29) is 4.90 Å². The highest BCUT2D eigenvalue weighted by atomic mass is 79.9. The summed E-state index contributed by atoms with van der Waals surface area (Å²) in [5.41, 5.74) is 2.47. The number of ether oxygens (including phenoxy) is 1. The molecule has 6 heteroatoms. The first-order chi connectivity index (χ1) is 10.5. The Labute approximate surface area is 139 Å². The van der Waals surface area contributed by atoms with E-state index >= 15 is 0 Å². The second-order valence-corrected chi connectivity index (χ2v) is 7.37. The third kappa shape index (κ3) is 4.01. The first kappa shape index (κ1) is 16.8. The number of aryl methyl sites for hydroxylation is 2. The molecule has 22 heavy (non-hydrogen) atoms. The Morgan fingerprint density at radius 2 is 1.82 bits per heavy atom. The molecule has 0 unspecified atom stereocenters. The number of benzene rings is 2. The van der Waals surface area contributed by atoms with Crippen LogP contribution in [0.4, 0.5) is 5.69 Å². The Morgan fingerprint density at radius 1 is 1.14 bits per heavy atom. The summed E-state index contributed by atoms with van der Waals surface area (Å²) >= 11 is 3.37. The summed E-state index contributed by atoms with van der Waals surface area (Å²) in [6.07, 6.45) is 0.861. The van der Waals surface area contributed by atoms with E-state index in [1.807, 2.05) is 25.1 Å². The molecular formula is C16H18BrNO3S. The predicted octanol–water partition coefficient (Wildman–Crippen LogP) is 3.74. The molecule has 0 aromatic heterocycles. The van der Waals surface area contributed by atoms with Crippen LogP contribution in [-0.4, -0.2) is 20.9 Å². The van der Waals surface area contributed by atoms with Crippen molar-refractivity contribution in [2.45, 2.75) is 18.2 Å². The Morgan fingerprint density at radius 3 is 2.41 bits per heavy atom. The van der Waals surface area contributed by atoms with Gasteiger partial charge in [0, 0.05) is 5.33 Å². The minimum atomic E-state index is -3.64. The van der Waals surface area contributed by atoms with Gasteiger partial charge in [-0.05, 0) is 48.7 Å². The van der Waals surface area contributed by atoms with Crippen LogP contribution in [0.15, 0.2) is 47.4 Å². The van der Waals surface area contributed by atoms with E-state index in [4.69, 9.17) is 4.74 Å². The smallest absolute Gasteiger partial charge is 0.262 e. The van der Waals surface area contributed by atoms with Crippen molar-refractivity contribution in [2.24, 2.45) is 0 Å². The van der Waals surface area contributed by atoms with Crippen molar-refractivity contribution in [3.05, 3.63) is 53.6 Å². The maximum atomic E-state index is 12.5. The monoisotopic (exact) mass is 383 g/mol.